The van der Waals surface area contributed by atoms with E-state index in [0.717, 1.165) is 51.6 Å². The number of carbonyl (C=O) groups excluding carboxylic acids is 1. The highest BCUT2D eigenvalue weighted by Crippen LogP contribution is 2.24. The zero-order valence-electron chi connectivity index (χ0n) is 11.3. The van der Waals surface area contributed by atoms with Crippen LogP contribution in [0.1, 0.15) is 45.4 Å². The third kappa shape index (κ3) is 3.95. The summed E-state index contributed by atoms with van der Waals surface area (Å²) in [7, 11) is 0. The van der Waals surface area contributed by atoms with E-state index in [0.29, 0.717) is 12.0 Å². The maximum atomic E-state index is 12.1. The van der Waals surface area contributed by atoms with Crippen molar-refractivity contribution in [3.8, 4) is 0 Å². The molecule has 104 valence electrons. The summed E-state index contributed by atoms with van der Waals surface area (Å²) in [6.45, 7) is 3.89. The molecule has 1 saturated carbocycles. The summed E-state index contributed by atoms with van der Waals surface area (Å²) in [5, 5.41) is 15.9. The molecule has 1 saturated heterocycles. The zero-order valence-corrected chi connectivity index (χ0v) is 11.3. The molecule has 2 unspecified atom stereocenters. The van der Waals surface area contributed by atoms with Gasteiger partial charge >= 0.3 is 0 Å². The summed E-state index contributed by atoms with van der Waals surface area (Å²) in [6.07, 6.45) is 5.68. The van der Waals surface area contributed by atoms with Gasteiger partial charge in [-0.25, -0.2) is 0 Å². The molecule has 18 heavy (non-hydrogen) atoms. The summed E-state index contributed by atoms with van der Waals surface area (Å²) in [4.78, 5) is 12.1. The van der Waals surface area contributed by atoms with Gasteiger partial charge in [-0.15, -0.1) is 0 Å². The number of aliphatic hydroxyl groups is 1. The number of rotatable bonds is 3. The van der Waals surface area contributed by atoms with Gasteiger partial charge < -0.3 is 15.7 Å². The molecule has 2 rings (SSSR count). The van der Waals surface area contributed by atoms with E-state index in [2.05, 4.69) is 17.6 Å². The Morgan fingerprint density at radius 2 is 2.00 bits per heavy atom. The Morgan fingerprint density at radius 1 is 1.28 bits per heavy atom. The Balaban J connectivity index is 1.68. The van der Waals surface area contributed by atoms with Crippen molar-refractivity contribution in [3.63, 3.8) is 0 Å². The summed E-state index contributed by atoms with van der Waals surface area (Å²) in [6, 6.07) is 0.458. The number of hydrogen-bond donors (Lipinski definition) is 3. The number of piperidine rings is 1. The molecule has 2 aliphatic rings. The van der Waals surface area contributed by atoms with E-state index in [1.165, 1.54) is 0 Å². The maximum absolute atomic E-state index is 12.1. The first kappa shape index (κ1) is 13.8. The molecule has 1 amide bonds. The van der Waals surface area contributed by atoms with Gasteiger partial charge in [0.2, 0.25) is 5.91 Å². The normalized spacial score (nSPS) is 37.2. The van der Waals surface area contributed by atoms with Crippen LogP contribution < -0.4 is 10.6 Å². The second kappa shape index (κ2) is 6.53. The van der Waals surface area contributed by atoms with Crippen LogP contribution >= 0.6 is 0 Å². The fourth-order valence-electron chi connectivity index (χ4n) is 3.11. The zero-order chi connectivity index (χ0) is 13.0. The number of carbonyl (C=O) groups is 1. The first-order valence-electron chi connectivity index (χ1n) is 7.34. The largest absolute Gasteiger partial charge is 0.393 e. The molecule has 2 fully saturated rings. The molecule has 0 radical (unpaired) electrons. The fraction of sp³-hybridized carbons (Fsp3) is 0.929. The van der Waals surface area contributed by atoms with Crippen LogP contribution in [0.15, 0.2) is 0 Å². The summed E-state index contributed by atoms with van der Waals surface area (Å²) >= 11 is 0. The monoisotopic (exact) mass is 254 g/mol. The molecule has 1 aliphatic heterocycles. The average Bonchev–Trinajstić information content (AvgIpc) is 2.38. The number of nitrogens with one attached hydrogen (secondary N) is 2. The third-order valence-electron chi connectivity index (χ3n) is 4.38. The topological polar surface area (TPSA) is 61.4 Å². The summed E-state index contributed by atoms with van der Waals surface area (Å²) in [5.74, 6) is 0.987. The van der Waals surface area contributed by atoms with Crippen molar-refractivity contribution < 1.29 is 9.90 Å². The van der Waals surface area contributed by atoms with Crippen molar-refractivity contribution in [2.45, 2.75) is 57.6 Å². The predicted molar refractivity (Wildman–Crippen MR) is 71.2 cm³/mol. The highest BCUT2D eigenvalue weighted by atomic mass is 16.3. The van der Waals surface area contributed by atoms with E-state index < -0.39 is 0 Å². The summed E-state index contributed by atoms with van der Waals surface area (Å²) < 4.78 is 0. The van der Waals surface area contributed by atoms with Gasteiger partial charge in [0, 0.05) is 18.5 Å². The minimum absolute atomic E-state index is 0.109. The predicted octanol–water partition coefficient (Wildman–Crippen LogP) is 1.04. The van der Waals surface area contributed by atoms with Crippen LogP contribution in [0.3, 0.4) is 0 Å². The minimum Gasteiger partial charge on any atom is -0.393 e. The van der Waals surface area contributed by atoms with Gasteiger partial charge in [-0.1, -0.05) is 0 Å². The van der Waals surface area contributed by atoms with Crippen molar-refractivity contribution in [2.24, 2.45) is 11.8 Å². The molecule has 0 bridgehead atoms. The number of aliphatic hydroxyl groups excluding tert-OH is 1. The van der Waals surface area contributed by atoms with Gasteiger partial charge in [0.1, 0.15) is 0 Å². The minimum atomic E-state index is -0.109. The van der Waals surface area contributed by atoms with Gasteiger partial charge in [0.15, 0.2) is 0 Å². The molecule has 4 nitrogen and oxygen atoms in total. The molecule has 4 heteroatoms. The van der Waals surface area contributed by atoms with Crippen molar-refractivity contribution >= 4 is 5.91 Å². The lowest BCUT2D eigenvalue weighted by atomic mass is 9.87. The van der Waals surface area contributed by atoms with Crippen LogP contribution in [-0.4, -0.2) is 36.2 Å². The molecule has 1 aliphatic carbocycles. The molecular formula is C14H26N2O2. The Bertz CT molecular complexity index is 275. The molecular weight excluding hydrogens is 228 g/mol. The molecule has 3 N–H and O–H groups in total. The van der Waals surface area contributed by atoms with Crippen LogP contribution in [0.2, 0.25) is 0 Å². The van der Waals surface area contributed by atoms with Gasteiger partial charge in [-0.05, 0) is 57.9 Å². The Hall–Kier alpha value is -0.610. The molecule has 0 spiro atoms. The lowest BCUT2D eigenvalue weighted by molar-refractivity contribution is -0.126. The standard InChI is InChI=1S/C14H26N2O2/c1-10-8-12(6-7-15-10)14(18)16-9-11-2-4-13(17)5-3-11/h10-13,15,17H,2-9H2,1H3,(H,16,18). The first-order chi connectivity index (χ1) is 8.65. The molecule has 0 aromatic carbocycles. The third-order valence-corrected chi connectivity index (χ3v) is 4.38. The van der Waals surface area contributed by atoms with Crippen LogP contribution in [0, 0.1) is 11.8 Å². The molecule has 2 atom stereocenters. The Morgan fingerprint density at radius 3 is 2.67 bits per heavy atom. The molecule has 0 aromatic heterocycles. The van der Waals surface area contributed by atoms with E-state index in [9.17, 15) is 9.90 Å². The van der Waals surface area contributed by atoms with Crippen LogP contribution in [0.5, 0.6) is 0 Å². The van der Waals surface area contributed by atoms with E-state index in [-0.39, 0.29) is 17.9 Å². The smallest absolute Gasteiger partial charge is 0.223 e. The van der Waals surface area contributed by atoms with Gasteiger partial charge in [-0.3, -0.25) is 4.79 Å². The van der Waals surface area contributed by atoms with Crippen molar-refractivity contribution in [1.82, 2.24) is 10.6 Å². The van der Waals surface area contributed by atoms with Crippen molar-refractivity contribution in [3.05, 3.63) is 0 Å². The number of hydrogen-bond acceptors (Lipinski definition) is 3. The van der Waals surface area contributed by atoms with E-state index in [4.69, 9.17) is 0 Å². The van der Waals surface area contributed by atoms with E-state index in [1.54, 1.807) is 0 Å². The second-order valence-corrected chi connectivity index (χ2v) is 6.00. The van der Waals surface area contributed by atoms with Crippen LogP contribution in [-0.2, 0) is 4.79 Å². The van der Waals surface area contributed by atoms with Gasteiger partial charge in [0.05, 0.1) is 6.10 Å². The number of amides is 1. The molecule has 1 heterocycles. The fourth-order valence-corrected chi connectivity index (χ4v) is 3.11. The summed E-state index contributed by atoms with van der Waals surface area (Å²) in [5.41, 5.74) is 0. The van der Waals surface area contributed by atoms with Gasteiger partial charge in [0.25, 0.3) is 0 Å². The maximum Gasteiger partial charge on any atom is 0.223 e. The van der Waals surface area contributed by atoms with Crippen molar-refractivity contribution in [2.75, 3.05) is 13.1 Å². The highest BCUT2D eigenvalue weighted by molar-refractivity contribution is 5.78. The Labute approximate surface area is 110 Å². The highest BCUT2D eigenvalue weighted by Gasteiger charge is 2.26. The lowest BCUT2D eigenvalue weighted by Gasteiger charge is -2.29. The first-order valence-corrected chi connectivity index (χ1v) is 7.34. The van der Waals surface area contributed by atoms with Gasteiger partial charge in [-0.2, -0.15) is 0 Å². The Kier molecular flexibility index (Phi) is 5.01. The SMILES string of the molecule is CC1CC(C(=O)NCC2CCC(O)CC2)CCN1. The van der Waals surface area contributed by atoms with E-state index in [1.807, 2.05) is 0 Å². The lowest BCUT2D eigenvalue weighted by Crippen LogP contribution is -2.43. The second-order valence-electron chi connectivity index (χ2n) is 6.00. The van der Waals surface area contributed by atoms with Crippen LogP contribution in [0.4, 0.5) is 0 Å². The van der Waals surface area contributed by atoms with Crippen molar-refractivity contribution in [1.29, 1.82) is 0 Å². The average molecular weight is 254 g/mol. The van der Waals surface area contributed by atoms with E-state index >= 15 is 0 Å². The quantitative estimate of drug-likeness (QED) is 0.705. The van der Waals surface area contributed by atoms with Crippen LogP contribution in [0.25, 0.3) is 0 Å². The molecule has 0 aromatic rings.